The van der Waals surface area contributed by atoms with Crippen molar-refractivity contribution < 1.29 is 13.2 Å². The lowest BCUT2D eigenvalue weighted by atomic mass is 10.3. The Bertz CT molecular complexity index is 827. The van der Waals surface area contributed by atoms with Gasteiger partial charge in [0.1, 0.15) is 4.21 Å². The number of amides is 1. The van der Waals surface area contributed by atoms with Gasteiger partial charge in [-0.25, -0.2) is 8.42 Å². The van der Waals surface area contributed by atoms with E-state index in [0.717, 1.165) is 15.6 Å². The second kappa shape index (κ2) is 8.56. The van der Waals surface area contributed by atoms with Crippen LogP contribution < -0.4 is 5.32 Å². The minimum atomic E-state index is -3.62. The third kappa shape index (κ3) is 4.88. The average Bonchev–Trinajstić information content (AvgIpc) is 3.30. The standard InChI is InChI=1S/C18H22N2O3S3/c1-20(26(22,23)18-7-4-12-24-18)13-17(21)19-14-8-10-16(11-9-14)25-15-5-2-3-6-15/h4,7-12,15H,2-3,5-6,13H2,1H3,(H,19,21). The first-order chi connectivity index (χ1) is 12.4. The van der Waals surface area contributed by atoms with E-state index in [1.165, 1.54) is 43.7 Å². The lowest BCUT2D eigenvalue weighted by Gasteiger charge is -2.16. The maximum Gasteiger partial charge on any atom is 0.252 e. The molecule has 0 atom stereocenters. The van der Waals surface area contributed by atoms with Gasteiger partial charge in [0.25, 0.3) is 10.0 Å². The Kier molecular flexibility index (Phi) is 6.39. The van der Waals surface area contributed by atoms with E-state index in [-0.39, 0.29) is 16.7 Å². The molecule has 1 aromatic carbocycles. The van der Waals surface area contributed by atoms with Crippen molar-refractivity contribution >= 4 is 44.7 Å². The summed E-state index contributed by atoms with van der Waals surface area (Å²) in [5.41, 5.74) is 0.674. The molecule has 1 heterocycles. The Balaban J connectivity index is 1.54. The van der Waals surface area contributed by atoms with Crippen molar-refractivity contribution in [3.05, 3.63) is 41.8 Å². The minimum Gasteiger partial charge on any atom is -0.325 e. The van der Waals surface area contributed by atoms with Crippen molar-refractivity contribution in [1.82, 2.24) is 4.31 Å². The molecule has 0 spiro atoms. The molecule has 26 heavy (non-hydrogen) atoms. The summed E-state index contributed by atoms with van der Waals surface area (Å²) < 4.78 is 26.0. The average molecular weight is 411 g/mol. The van der Waals surface area contributed by atoms with Crippen molar-refractivity contribution in [2.75, 3.05) is 18.9 Å². The van der Waals surface area contributed by atoms with Crippen LogP contribution in [0.15, 0.2) is 50.9 Å². The summed E-state index contributed by atoms with van der Waals surface area (Å²) in [4.78, 5) is 13.4. The first kappa shape index (κ1) is 19.4. The second-order valence-corrected chi connectivity index (χ2v) is 10.9. The zero-order valence-corrected chi connectivity index (χ0v) is 17.0. The fraction of sp³-hybridized carbons (Fsp3) is 0.389. The van der Waals surface area contributed by atoms with Gasteiger partial charge in [0, 0.05) is 22.9 Å². The molecule has 140 valence electrons. The van der Waals surface area contributed by atoms with Crippen LogP contribution in [-0.2, 0) is 14.8 Å². The van der Waals surface area contributed by atoms with Crippen LogP contribution in [0, 0.1) is 0 Å². The molecular weight excluding hydrogens is 388 g/mol. The number of carbonyl (C=O) groups is 1. The molecule has 8 heteroatoms. The molecule has 1 aliphatic carbocycles. The van der Waals surface area contributed by atoms with Gasteiger partial charge in [-0.2, -0.15) is 4.31 Å². The van der Waals surface area contributed by atoms with Crippen LogP contribution >= 0.6 is 23.1 Å². The minimum absolute atomic E-state index is 0.223. The predicted octanol–water partition coefficient (Wildman–Crippen LogP) is 4.04. The molecule has 2 aromatic rings. The highest BCUT2D eigenvalue weighted by atomic mass is 32.2. The van der Waals surface area contributed by atoms with Gasteiger partial charge in [0.05, 0.1) is 6.54 Å². The van der Waals surface area contributed by atoms with Crippen LogP contribution in [0.3, 0.4) is 0 Å². The normalized spacial score (nSPS) is 15.5. The summed E-state index contributed by atoms with van der Waals surface area (Å²) in [6.45, 7) is -0.223. The summed E-state index contributed by atoms with van der Waals surface area (Å²) >= 11 is 3.03. The monoisotopic (exact) mass is 410 g/mol. The quantitative estimate of drug-likeness (QED) is 0.748. The van der Waals surface area contributed by atoms with Crippen LogP contribution in [-0.4, -0.2) is 37.5 Å². The van der Waals surface area contributed by atoms with Gasteiger partial charge in [-0.3, -0.25) is 4.79 Å². The number of carbonyl (C=O) groups excluding carboxylic acids is 1. The number of anilines is 1. The molecule has 1 amide bonds. The van der Waals surface area contributed by atoms with Gasteiger partial charge in [0.15, 0.2) is 0 Å². The molecule has 0 unspecified atom stereocenters. The molecule has 5 nitrogen and oxygen atoms in total. The lowest BCUT2D eigenvalue weighted by molar-refractivity contribution is -0.116. The van der Waals surface area contributed by atoms with Crippen molar-refractivity contribution in [2.24, 2.45) is 0 Å². The number of rotatable bonds is 7. The molecule has 0 radical (unpaired) electrons. The smallest absolute Gasteiger partial charge is 0.252 e. The van der Waals surface area contributed by atoms with E-state index in [4.69, 9.17) is 0 Å². The maximum atomic E-state index is 12.3. The maximum absolute atomic E-state index is 12.3. The molecular formula is C18H22N2O3S3. The third-order valence-electron chi connectivity index (χ3n) is 4.27. The van der Waals surface area contributed by atoms with Crippen LogP contribution in [0.25, 0.3) is 0 Å². The predicted molar refractivity (Wildman–Crippen MR) is 107 cm³/mol. The Hall–Kier alpha value is -1.35. The van der Waals surface area contributed by atoms with Gasteiger partial charge >= 0.3 is 0 Å². The molecule has 1 fully saturated rings. The van der Waals surface area contributed by atoms with E-state index < -0.39 is 10.0 Å². The number of hydrogen-bond donors (Lipinski definition) is 1. The lowest BCUT2D eigenvalue weighted by Crippen LogP contribution is -2.34. The topological polar surface area (TPSA) is 66.5 Å². The summed E-state index contributed by atoms with van der Waals surface area (Å²) in [6, 6.07) is 11.0. The van der Waals surface area contributed by atoms with Crippen molar-refractivity contribution in [1.29, 1.82) is 0 Å². The molecule has 0 saturated heterocycles. The van der Waals surface area contributed by atoms with E-state index in [1.54, 1.807) is 11.4 Å². The number of thioether (sulfide) groups is 1. The Morgan fingerprint density at radius 2 is 1.92 bits per heavy atom. The van der Waals surface area contributed by atoms with Gasteiger partial charge in [0.2, 0.25) is 5.91 Å². The van der Waals surface area contributed by atoms with Crippen molar-refractivity contribution in [3.63, 3.8) is 0 Å². The SMILES string of the molecule is CN(CC(=O)Nc1ccc(SC2CCCC2)cc1)S(=O)(=O)c1cccs1. The Morgan fingerprint density at radius 3 is 2.54 bits per heavy atom. The summed E-state index contributed by atoms with van der Waals surface area (Å²) in [7, 11) is -2.20. The van der Waals surface area contributed by atoms with Crippen LogP contribution in [0.5, 0.6) is 0 Å². The van der Waals surface area contributed by atoms with Crippen LogP contribution in [0.4, 0.5) is 5.69 Å². The number of thiophene rings is 1. The van der Waals surface area contributed by atoms with Crippen LogP contribution in [0.1, 0.15) is 25.7 Å². The van der Waals surface area contributed by atoms with E-state index in [0.29, 0.717) is 10.9 Å². The van der Waals surface area contributed by atoms with Crippen molar-refractivity contribution in [2.45, 2.75) is 40.0 Å². The number of nitrogens with zero attached hydrogens (tertiary/aromatic N) is 1. The fourth-order valence-corrected chi connectivity index (χ4v) is 6.44. The fourth-order valence-electron chi connectivity index (χ4n) is 2.87. The molecule has 0 bridgehead atoms. The number of nitrogens with one attached hydrogen (secondary N) is 1. The van der Waals surface area contributed by atoms with E-state index in [2.05, 4.69) is 5.32 Å². The van der Waals surface area contributed by atoms with Gasteiger partial charge in [-0.15, -0.1) is 23.1 Å². The van der Waals surface area contributed by atoms with Crippen LogP contribution in [0.2, 0.25) is 0 Å². The number of likely N-dealkylation sites (N-methyl/N-ethyl adjacent to an activating group) is 1. The molecule has 1 N–H and O–H groups in total. The molecule has 3 rings (SSSR count). The second-order valence-electron chi connectivity index (χ2n) is 6.29. The van der Waals surface area contributed by atoms with Gasteiger partial charge in [-0.05, 0) is 48.6 Å². The zero-order chi connectivity index (χ0) is 18.6. The van der Waals surface area contributed by atoms with Crippen molar-refractivity contribution in [3.8, 4) is 0 Å². The zero-order valence-electron chi connectivity index (χ0n) is 14.6. The Morgan fingerprint density at radius 1 is 1.23 bits per heavy atom. The number of benzene rings is 1. The number of sulfonamides is 1. The summed E-state index contributed by atoms with van der Waals surface area (Å²) in [5, 5.41) is 5.16. The van der Waals surface area contributed by atoms with E-state index in [9.17, 15) is 13.2 Å². The van der Waals surface area contributed by atoms with E-state index in [1.807, 2.05) is 36.0 Å². The third-order valence-corrected chi connectivity index (χ3v) is 8.79. The highest BCUT2D eigenvalue weighted by molar-refractivity contribution is 8.00. The first-order valence-corrected chi connectivity index (χ1v) is 11.7. The van der Waals surface area contributed by atoms with Gasteiger partial charge in [-0.1, -0.05) is 18.9 Å². The van der Waals surface area contributed by atoms with E-state index >= 15 is 0 Å². The molecule has 1 aromatic heterocycles. The van der Waals surface area contributed by atoms with Gasteiger partial charge < -0.3 is 5.32 Å². The highest BCUT2D eigenvalue weighted by Crippen LogP contribution is 2.34. The Labute approximate surface area is 162 Å². The molecule has 1 aliphatic rings. The number of hydrogen-bond acceptors (Lipinski definition) is 5. The first-order valence-electron chi connectivity index (χ1n) is 8.51. The molecule has 0 aliphatic heterocycles. The largest absolute Gasteiger partial charge is 0.325 e. The summed E-state index contributed by atoms with van der Waals surface area (Å²) in [5.74, 6) is -0.358. The molecule has 1 saturated carbocycles. The summed E-state index contributed by atoms with van der Waals surface area (Å²) in [6.07, 6.45) is 5.17. The highest BCUT2D eigenvalue weighted by Gasteiger charge is 2.23.